The quantitative estimate of drug-likeness (QED) is 0.218. The molecule has 4 rings (SSSR count). The molecule has 10 nitrogen and oxygen atoms in total. The van der Waals surface area contributed by atoms with Crippen molar-refractivity contribution in [2.24, 2.45) is 5.10 Å². The average molecular weight is 513 g/mol. The number of nitrogens with two attached hydrogens (primary N) is 1. The summed E-state index contributed by atoms with van der Waals surface area (Å²) in [6.07, 6.45) is 0. The van der Waals surface area contributed by atoms with Gasteiger partial charge in [-0.3, -0.25) is 4.79 Å². The molecule has 0 aliphatic heterocycles. The molecule has 1 amide bonds. The van der Waals surface area contributed by atoms with Crippen LogP contribution >= 0.6 is 27.7 Å². The van der Waals surface area contributed by atoms with Crippen LogP contribution in [0.25, 0.3) is 5.82 Å². The van der Waals surface area contributed by atoms with E-state index in [2.05, 4.69) is 51.7 Å². The van der Waals surface area contributed by atoms with Crippen LogP contribution in [0.5, 0.6) is 0 Å². The van der Waals surface area contributed by atoms with E-state index >= 15 is 0 Å². The minimum Gasteiger partial charge on any atom is -0.378 e. The van der Waals surface area contributed by atoms with Crippen molar-refractivity contribution in [1.29, 1.82) is 0 Å². The minimum atomic E-state index is -0.510. The lowest BCUT2D eigenvalue weighted by atomic mass is 10.1. The number of hydrazone groups is 1. The Labute approximate surface area is 195 Å². The third-order valence-corrected chi connectivity index (χ3v) is 5.88. The number of nitrogen functional groups attached to an aromatic ring is 1. The van der Waals surface area contributed by atoms with Gasteiger partial charge in [-0.25, -0.2) is 10.1 Å². The summed E-state index contributed by atoms with van der Waals surface area (Å²) < 4.78 is 6.94. The van der Waals surface area contributed by atoms with Gasteiger partial charge in [0.05, 0.1) is 11.4 Å². The summed E-state index contributed by atoms with van der Waals surface area (Å²) in [6.45, 7) is 1.80. The predicted octanol–water partition coefficient (Wildman–Crippen LogP) is 3.44. The van der Waals surface area contributed by atoms with Crippen LogP contribution in [-0.4, -0.2) is 36.9 Å². The normalized spacial score (nSPS) is 11.5. The Hall–Kier alpha value is -3.51. The molecule has 0 aliphatic rings. The fourth-order valence-corrected chi connectivity index (χ4v) is 4.06. The van der Waals surface area contributed by atoms with Gasteiger partial charge in [-0.05, 0) is 47.1 Å². The van der Waals surface area contributed by atoms with E-state index in [1.165, 1.54) is 16.4 Å². The van der Waals surface area contributed by atoms with Gasteiger partial charge in [-0.15, -0.1) is 16.9 Å². The first-order chi connectivity index (χ1) is 15.5. The van der Waals surface area contributed by atoms with Gasteiger partial charge < -0.3 is 5.73 Å². The number of anilines is 1. The summed E-state index contributed by atoms with van der Waals surface area (Å²) in [5, 5.41) is 19.6. The maximum Gasteiger partial charge on any atom is 0.293 e. The summed E-state index contributed by atoms with van der Waals surface area (Å²) in [6, 6.07) is 17.3. The molecule has 3 N–H and O–H groups in total. The predicted molar refractivity (Wildman–Crippen MR) is 123 cm³/mol. The third-order valence-electron chi connectivity index (χ3n) is 4.36. The number of hydrogen-bond acceptors (Lipinski definition) is 9. The van der Waals surface area contributed by atoms with E-state index in [1.54, 1.807) is 6.92 Å². The molecule has 0 aliphatic carbocycles. The number of aromatic nitrogens is 5. The highest BCUT2D eigenvalue weighted by molar-refractivity contribution is 9.10. The molecule has 0 saturated carbocycles. The van der Waals surface area contributed by atoms with E-state index in [0.717, 1.165) is 14.9 Å². The van der Waals surface area contributed by atoms with Gasteiger partial charge in [0, 0.05) is 15.1 Å². The Balaban J connectivity index is 1.61. The second-order valence-corrected chi connectivity index (χ2v) is 8.48. The number of carbonyl (C=O) groups excluding carboxylic acids is 1. The number of amides is 1. The molecule has 0 saturated heterocycles. The Morgan fingerprint density at radius 2 is 2.03 bits per heavy atom. The molecule has 2 aromatic carbocycles. The molecule has 4 aromatic rings. The van der Waals surface area contributed by atoms with Crippen molar-refractivity contribution in [2.75, 3.05) is 5.73 Å². The number of nitrogens with zero attached hydrogens (tertiary/aromatic N) is 6. The SMILES string of the molecule is CC(=NNC(=O)c1nnn(-c2nonc2N)c1CSc1ccccc1)c1cccc(Br)c1. The Morgan fingerprint density at radius 1 is 1.22 bits per heavy atom. The van der Waals surface area contributed by atoms with Crippen molar-refractivity contribution in [3.05, 3.63) is 76.0 Å². The summed E-state index contributed by atoms with van der Waals surface area (Å²) in [5.41, 5.74) is 10.4. The van der Waals surface area contributed by atoms with E-state index in [4.69, 9.17) is 5.73 Å². The highest BCUT2D eigenvalue weighted by atomic mass is 79.9. The molecule has 0 radical (unpaired) electrons. The van der Waals surface area contributed by atoms with Crippen LogP contribution in [0.4, 0.5) is 5.82 Å². The van der Waals surface area contributed by atoms with Crippen LogP contribution in [0, 0.1) is 0 Å². The molecule has 2 aromatic heterocycles. The monoisotopic (exact) mass is 512 g/mol. The summed E-state index contributed by atoms with van der Waals surface area (Å²) in [7, 11) is 0. The maximum atomic E-state index is 12.9. The number of carbonyl (C=O) groups is 1. The first kappa shape index (κ1) is 21.7. The molecule has 0 unspecified atom stereocenters. The van der Waals surface area contributed by atoms with Crippen molar-refractivity contribution in [2.45, 2.75) is 17.6 Å². The summed E-state index contributed by atoms with van der Waals surface area (Å²) in [5.74, 6) is 0.0649. The molecule has 0 bridgehead atoms. The minimum absolute atomic E-state index is 0.0383. The molecule has 162 valence electrons. The number of benzene rings is 2. The van der Waals surface area contributed by atoms with E-state index in [0.29, 0.717) is 17.2 Å². The Bertz CT molecular complexity index is 1270. The van der Waals surface area contributed by atoms with Crippen molar-refractivity contribution in [3.8, 4) is 5.82 Å². The lowest BCUT2D eigenvalue weighted by Crippen LogP contribution is -2.21. The smallest absolute Gasteiger partial charge is 0.293 e. The molecule has 2 heterocycles. The summed E-state index contributed by atoms with van der Waals surface area (Å²) in [4.78, 5) is 13.9. The first-order valence-electron chi connectivity index (χ1n) is 9.34. The lowest BCUT2D eigenvalue weighted by molar-refractivity contribution is 0.0949. The van der Waals surface area contributed by atoms with E-state index in [-0.39, 0.29) is 17.3 Å². The largest absolute Gasteiger partial charge is 0.378 e. The van der Waals surface area contributed by atoms with Crippen molar-refractivity contribution in [3.63, 3.8) is 0 Å². The molecule has 12 heteroatoms. The van der Waals surface area contributed by atoms with Crippen LogP contribution in [0.2, 0.25) is 0 Å². The standard InChI is InChI=1S/C20H17BrN8O2S/c1-12(13-6-5-7-14(21)10-13)23-25-20(30)17-16(11-32-15-8-3-2-4-9-15)29(28-24-17)19-18(22)26-31-27-19/h2-10H,11H2,1H3,(H2,22,26)(H,25,30). The zero-order valence-corrected chi connectivity index (χ0v) is 19.2. The van der Waals surface area contributed by atoms with Crippen LogP contribution in [-0.2, 0) is 5.75 Å². The number of halogens is 1. The number of nitrogens with one attached hydrogen (secondary N) is 1. The van der Waals surface area contributed by atoms with Crippen LogP contribution in [0.15, 0.2) is 73.7 Å². The fraction of sp³-hybridized carbons (Fsp3) is 0.100. The van der Waals surface area contributed by atoms with E-state index < -0.39 is 5.91 Å². The average Bonchev–Trinajstić information content (AvgIpc) is 3.42. The number of thioether (sulfide) groups is 1. The third kappa shape index (κ3) is 4.86. The Kier molecular flexibility index (Phi) is 6.61. The molecular weight excluding hydrogens is 496 g/mol. The van der Waals surface area contributed by atoms with Crippen molar-refractivity contribution in [1.82, 2.24) is 30.7 Å². The zero-order valence-electron chi connectivity index (χ0n) is 16.8. The van der Waals surface area contributed by atoms with Gasteiger partial charge in [-0.2, -0.15) is 9.78 Å². The second kappa shape index (κ2) is 9.75. The lowest BCUT2D eigenvalue weighted by Gasteiger charge is -2.06. The van der Waals surface area contributed by atoms with Crippen LogP contribution in [0.3, 0.4) is 0 Å². The van der Waals surface area contributed by atoms with Crippen LogP contribution in [0.1, 0.15) is 28.7 Å². The van der Waals surface area contributed by atoms with Gasteiger partial charge in [0.2, 0.25) is 11.6 Å². The molecular formula is C20H17BrN8O2S. The van der Waals surface area contributed by atoms with Gasteiger partial charge in [0.25, 0.3) is 5.91 Å². The van der Waals surface area contributed by atoms with Crippen molar-refractivity contribution < 1.29 is 9.42 Å². The number of hydrogen-bond donors (Lipinski definition) is 2. The Morgan fingerprint density at radius 3 is 2.75 bits per heavy atom. The molecule has 0 atom stereocenters. The van der Waals surface area contributed by atoms with Gasteiger partial charge >= 0.3 is 0 Å². The number of rotatable bonds is 7. The maximum absolute atomic E-state index is 12.9. The highest BCUT2D eigenvalue weighted by Gasteiger charge is 2.24. The summed E-state index contributed by atoms with van der Waals surface area (Å²) >= 11 is 4.93. The highest BCUT2D eigenvalue weighted by Crippen LogP contribution is 2.25. The van der Waals surface area contributed by atoms with Gasteiger partial charge in [0.1, 0.15) is 0 Å². The van der Waals surface area contributed by atoms with Gasteiger partial charge in [0.15, 0.2) is 5.69 Å². The first-order valence-corrected chi connectivity index (χ1v) is 11.1. The molecule has 32 heavy (non-hydrogen) atoms. The van der Waals surface area contributed by atoms with Crippen LogP contribution < -0.4 is 11.2 Å². The zero-order chi connectivity index (χ0) is 22.5. The van der Waals surface area contributed by atoms with E-state index in [9.17, 15) is 4.79 Å². The molecule has 0 spiro atoms. The molecule has 0 fully saturated rings. The van der Waals surface area contributed by atoms with Gasteiger partial charge in [-0.1, -0.05) is 51.5 Å². The topological polar surface area (TPSA) is 137 Å². The van der Waals surface area contributed by atoms with Crippen molar-refractivity contribution >= 4 is 45.1 Å². The van der Waals surface area contributed by atoms with E-state index in [1.807, 2.05) is 54.6 Å². The fourth-order valence-electron chi connectivity index (χ4n) is 2.75. The second-order valence-electron chi connectivity index (χ2n) is 6.52.